The van der Waals surface area contributed by atoms with Crippen molar-refractivity contribution in [2.75, 3.05) is 19.7 Å². The van der Waals surface area contributed by atoms with Gasteiger partial charge in [0.25, 0.3) is 5.91 Å². The molecule has 2 aromatic rings. The topological polar surface area (TPSA) is 82.4 Å². The first-order valence-electron chi connectivity index (χ1n) is 8.15. The van der Waals surface area contributed by atoms with Gasteiger partial charge in [-0.15, -0.1) is 5.10 Å². The van der Waals surface area contributed by atoms with Crippen LogP contribution in [0.4, 0.5) is 0 Å². The lowest BCUT2D eigenvalue weighted by atomic mass is 9.99. The van der Waals surface area contributed by atoms with Crippen LogP contribution in [0.5, 0.6) is 5.88 Å². The number of carbonyl (C=O) groups excluding carboxylic acids is 1. The minimum atomic E-state index is -0.0713. The zero-order valence-corrected chi connectivity index (χ0v) is 13.5. The van der Waals surface area contributed by atoms with Crippen molar-refractivity contribution in [1.29, 1.82) is 0 Å². The molecule has 0 saturated carbocycles. The summed E-state index contributed by atoms with van der Waals surface area (Å²) < 4.78 is 13.3. The smallest absolute Gasteiger partial charge is 0.259 e. The maximum atomic E-state index is 12.9. The fourth-order valence-electron chi connectivity index (χ4n) is 3.35. The molecule has 4 heterocycles. The van der Waals surface area contributed by atoms with E-state index in [4.69, 9.17) is 9.47 Å². The lowest BCUT2D eigenvalue weighted by Crippen LogP contribution is -2.50. The van der Waals surface area contributed by atoms with E-state index >= 15 is 0 Å². The molecule has 0 unspecified atom stereocenters. The fraction of sp³-hybridized carbons (Fsp3) is 0.500. The van der Waals surface area contributed by atoms with Gasteiger partial charge in [0.15, 0.2) is 0 Å². The molecule has 2 atom stereocenters. The molecule has 0 N–H and O–H groups in total. The normalized spacial score (nSPS) is 22.6. The number of carbonyl (C=O) groups is 1. The molecule has 0 bridgehead atoms. The van der Waals surface area contributed by atoms with Crippen molar-refractivity contribution >= 4 is 5.91 Å². The molecular formula is C16H19N5O3. The number of rotatable bonds is 3. The highest BCUT2D eigenvalue weighted by atomic mass is 16.5. The van der Waals surface area contributed by atoms with Crippen molar-refractivity contribution in [2.45, 2.75) is 32.1 Å². The number of fused-ring (bicyclic) bond motifs is 3. The van der Waals surface area contributed by atoms with Gasteiger partial charge in [0.1, 0.15) is 5.56 Å². The Kier molecular flexibility index (Phi) is 3.89. The summed E-state index contributed by atoms with van der Waals surface area (Å²) >= 11 is 0. The Morgan fingerprint density at radius 1 is 1.50 bits per heavy atom. The largest absolute Gasteiger partial charge is 0.477 e. The molecule has 4 rings (SSSR count). The van der Waals surface area contributed by atoms with Crippen LogP contribution in [0.3, 0.4) is 0 Å². The minimum absolute atomic E-state index is 0.0656. The summed E-state index contributed by atoms with van der Waals surface area (Å²) in [5.74, 6) is 0.313. The third-order valence-electron chi connectivity index (χ3n) is 4.50. The highest BCUT2D eigenvalue weighted by Crippen LogP contribution is 2.31. The van der Waals surface area contributed by atoms with E-state index in [1.54, 1.807) is 24.5 Å². The van der Waals surface area contributed by atoms with Crippen molar-refractivity contribution in [3.8, 4) is 5.88 Å². The van der Waals surface area contributed by atoms with Crippen molar-refractivity contribution in [2.24, 2.45) is 0 Å². The van der Waals surface area contributed by atoms with E-state index in [-0.39, 0.29) is 18.1 Å². The number of piperidine rings is 1. The van der Waals surface area contributed by atoms with Crippen LogP contribution < -0.4 is 4.74 Å². The second-order valence-electron chi connectivity index (χ2n) is 5.92. The summed E-state index contributed by atoms with van der Waals surface area (Å²) in [5, 5.41) is 8.12. The quantitative estimate of drug-likeness (QED) is 0.837. The van der Waals surface area contributed by atoms with Crippen LogP contribution in [0.25, 0.3) is 0 Å². The number of hydrogen-bond acceptors (Lipinski definition) is 6. The highest BCUT2D eigenvalue weighted by Gasteiger charge is 2.38. The first-order chi connectivity index (χ1) is 11.8. The Morgan fingerprint density at radius 3 is 3.29 bits per heavy atom. The van der Waals surface area contributed by atoms with Crippen LogP contribution in [-0.2, 0) is 11.3 Å². The molecule has 0 aliphatic carbocycles. The van der Waals surface area contributed by atoms with Crippen LogP contribution in [0.15, 0.2) is 24.5 Å². The number of ether oxygens (including phenoxy) is 2. The third kappa shape index (κ3) is 2.52. The molecule has 2 aliphatic heterocycles. The molecule has 8 nitrogen and oxygen atoms in total. The molecule has 0 aromatic carbocycles. The van der Waals surface area contributed by atoms with E-state index in [1.807, 2.05) is 16.5 Å². The molecule has 1 amide bonds. The second kappa shape index (κ2) is 6.20. The van der Waals surface area contributed by atoms with E-state index in [0.717, 1.165) is 12.1 Å². The molecule has 0 radical (unpaired) electrons. The van der Waals surface area contributed by atoms with Gasteiger partial charge in [-0.3, -0.25) is 4.79 Å². The monoisotopic (exact) mass is 329 g/mol. The molecule has 1 fully saturated rings. The van der Waals surface area contributed by atoms with Crippen molar-refractivity contribution < 1.29 is 14.3 Å². The van der Waals surface area contributed by atoms with Crippen LogP contribution >= 0.6 is 0 Å². The molecule has 8 heteroatoms. The van der Waals surface area contributed by atoms with Gasteiger partial charge in [0, 0.05) is 19.3 Å². The third-order valence-corrected chi connectivity index (χ3v) is 4.50. The average molecular weight is 329 g/mol. The van der Waals surface area contributed by atoms with E-state index < -0.39 is 0 Å². The summed E-state index contributed by atoms with van der Waals surface area (Å²) in [6.07, 6.45) is 4.09. The van der Waals surface area contributed by atoms with Crippen molar-refractivity contribution in [3.63, 3.8) is 0 Å². The Balaban J connectivity index is 1.52. The van der Waals surface area contributed by atoms with Gasteiger partial charge in [-0.25, -0.2) is 9.67 Å². The standard InChI is InChI=1S/C16H19N5O3/c1-2-23-15-12(4-3-6-17-15)16(22)20-7-5-13-14(9-20)24-10-11-8-18-19-21(11)13/h3-4,6,8,13-14H,2,5,7,9-10H2,1H3/t13-,14-/m0/s1. The molecule has 2 aliphatic rings. The van der Waals surface area contributed by atoms with Gasteiger partial charge < -0.3 is 14.4 Å². The summed E-state index contributed by atoms with van der Waals surface area (Å²) in [4.78, 5) is 18.9. The SMILES string of the molecule is CCOc1ncccc1C(=O)N1CC[C@H]2[C@H](C1)OCc1cnnn12. The first kappa shape index (κ1) is 15.1. The van der Waals surface area contributed by atoms with E-state index in [0.29, 0.717) is 37.7 Å². The van der Waals surface area contributed by atoms with Crippen LogP contribution in [0.2, 0.25) is 0 Å². The van der Waals surface area contributed by atoms with Gasteiger partial charge >= 0.3 is 0 Å². The van der Waals surface area contributed by atoms with E-state index in [2.05, 4.69) is 15.3 Å². The summed E-state index contributed by atoms with van der Waals surface area (Å²) in [6.45, 7) is 4.00. The Hall–Kier alpha value is -2.48. The van der Waals surface area contributed by atoms with Crippen LogP contribution in [0.1, 0.15) is 35.4 Å². The summed E-state index contributed by atoms with van der Waals surface area (Å²) in [6, 6.07) is 3.64. The molecule has 126 valence electrons. The number of likely N-dealkylation sites (tertiary alicyclic amines) is 1. The van der Waals surface area contributed by atoms with Gasteiger partial charge in [-0.1, -0.05) is 5.21 Å². The first-order valence-corrected chi connectivity index (χ1v) is 8.15. The lowest BCUT2D eigenvalue weighted by Gasteiger charge is -2.41. The van der Waals surface area contributed by atoms with Crippen molar-refractivity contribution in [3.05, 3.63) is 35.8 Å². The van der Waals surface area contributed by atoms with Crippen LogP contribution in [-0.4, -0.2) is 56.6 Å². The zero-order valence-electron chi connectivity index (χ0n) is 13.5. The highest BCUT2D eigenvalue weighted by molar-refractivity contribution is 5.96. The van der Waals surface area contributed by atoms with Crippen LogP contribution in [0, 0.1) is 0 Å². The molecule has 0 spiro atoms. The minimum Gasteiger partial charge on any atom is -0.477 e. The second-order valence-corrected chi connectivity index (χ2v) is 5.92. The molecule has 24 heavy (non-hydrogen) atoms. The van der Waals surface area contributed by atoms with Gasteiger partial charge in [0.2, 0.25) is 5.88 Å². The van der Waals surface area contributed by atoms with Gasteiger partial charge in [0.05, 0.1) is 37.3 Å². The Bertz CT molecular complexity index is 747. The predicted molar refractivity (Wildman–Crippen MR) is 83.6 cm³/mol. The molecule has 2 aromatic heterocycles. The van der Waals surface area contributed by atoms with E-state index in [1.165, 1.54) is 0 Å². The fourth-order valence-corrected chi connectivity index (χ4v) is 3.35. The molecular weight excluding hydrogens is 310 g/mol. The molecule has 1 saturated heterocycles. The number of pyridine rings is 1. The maximum Gasteiger partial charge on any atom is 0.259 e. The van der Waals surface area contributed by atoms with E-state index in [9.17, 15) is 4.79 Å². The number of nitrogens with zero attached hydrogens (tertiary/aromatic N) is 5. The maximum absolute atomic E-state index is 12.9. The Morgan fingerprint density at radius 2 is 2.42 bits per heavy atom. The average Bonchev–Trinajstić information content (AvgIpc) is 3.10. The van der Waals surface area contributed by atoms with Gasteiger partial charge in [-0.2, -0.15) is 0 Å². The number of aromatic nitrogens is 4. The number of hydrogen-bond donors (Lipinski definition) is 0. The van der Waals surface area contributed by atoms with Crippen molar-refractivity contribution in [1.82, 2.24) is 24.9 Å². The summed E-state index contributed by atoms with van der Waals surface area (Å²) in [7, 11) is 0. The van der Waals surface area contributed by atoms with Gasteiger partial charge in [-0.05, 0) is 25.5 Å². The lowest BCUT2D eigenvalue weighted by molar-refractivity contribution is -0.0628. The zero-order chi connectivity index (χ0) is 16.5. The number of amides is 1. The Labute approximate surface area is 139 Å². The summed E-state index contributed by atoms with van der Waals surface area (Å²) in [5.41, 5.74) is 1.48. The predicted octanol–water partition coefficient (Wildman–Crippen LogP) is 1.06.